The highest BCUT2D eigenvalue weighted by Gasteiger charge is 2.14. The van der Waals surface area contributed by atoms with E-state index in [4.69, 9.17) is 4.74 Å². The molecular weight excluding hydrogens is 277 g/mol. The lowest BCUT2D eigenvalue weighted by Crippen LogP contribution is -2.34. The first-order valence-electron chi connectivity index (χ1n) is 4.43. The van der Waals surface area contributed by atoms with Crippen LogP contribution in [0.4, 0.5) is 0 Å². The van der Waals surface area contributed by atoms with Gasteiger partial charge in [-0.25, -0.2) is 0 Å². The summed E-state index contributed by atoms with van der Waals surface area (Å²) < 4.78 is 6.69. The van der Waals surface area contributed by atoms with Crippen LogP contribution in [0.1, 0.15) is 11.6 Å². The maximum Gasteiger partial charge on any atom is 0.0662 e. The molecule has 0 unspecified atom stereocenters. The number of nitrogens with one attached hydrogen (secondary N) is 1. The Morgan fingerprint density at radius 1 is 1.46 bits per heavy atom. The van der Waals surface area contributed by atoms with Crippen LogP contribution in [0.25, 0.3) is 0 Å². The molecule has 1 aliphatic rings. The summed E-state index contributed by atoms with van der Waals surface area (Å²) in [6, 6.07) is 8.92. The quantitative estimate of drug-likeness (QED) is 0.798. The molecule has 0 radical (unpaired) electrons. The Hall–Kier alpha value is -0.130. The number of ether oxygens (including phenoxy) is 1. The van der Waals surface area contributed by atoms with Crippen LogP contribution in [-0.2, 0) is 4.74 Å². The molecule has 1 aliphatic heterocycles. The summed E-state index contributed by atoms with van der Waals surface area (Å²) in [6.07, 6.45) is 0. The maximum absolute atomic E-state index is 5.41. The fourth-order valence-electron chi connectivity index (χ4n) is 1.50. The fraction of sp³-hybridized carbons (Fsp3) is 0.400. The zero-order chi connectivity index (χ0) is 9.10. The molecule has 13 heavy (non-hydrogen) atoms. The van der Waals surface area contributed by atoms with Crippen LogP contribution in [0.15, 0.2) is 24.3 Å². The molecule has 1 atom stereocenters. The Morgan fingerprint density at radius 2 is 2.38 bits per heavy atom. The Kier molecular flexibility index (Phi) is 3.18. The molecule has 1 heterocycles. The lowest BCUT2D eigenvalue weighted by molar-refractivity contribution is 0.0768. The average molecular weight is 289 g/mol. The van der Waals surface area contributed by atoms with Gasteiger partial charge in [0.2, 0.25) is 0 Å². The molecule has 0 amide bonds. The van der Waals surface area contributed by atoms with Crippen molar-refractivity contribution in [1.29, 1.82) is 0 Å². The van der Waals surface area contributed by atoms with Gasteiger partial charge in [0, 0.05) is 10.1 Å². The van der Waals surface area contributed by atoms with Crippen molar-refractivity contribution in [3.05, 3.63) is 33.4 Å². The van der Waals surface area contributed by atoms with E-state index in [0.717, 1.165) is 19.8 Å². The van der Waals surface area contributed by atoms with E-state index in [2.05, 4.69) is 52.2 Å². The van der Waals surface area contributed by atoms with E-state index in [1.54, 1.807) is 0 Å². The second kappa shape index (κ2) is 4.39. The SMILES string of the molecule is Ic1cccc([C@@H]2COCCN2)c1. The van der Waals surface area contributed by atoms with Gasteiger partial charge in [-0.3, -0.25) is 0 Å². The van der Waals surface area contributed by atoms with E-state index in [1.807, 2.05) is 0 Å². The van der Waals surface area contributed by atoms with Crippen molar-refractivity contribution < 1.29 is 4.74 Å². The molecule has 1 aromatic rings. The molecule has 2 rings (SSSR count). The highest BCUT2D eigenvalue weighted by Crippen LogP contribution is 2.17. The van der Waals surface area contributed by atoms with E-state index < -0.39 is 0 Å². The predicted octanol–water partition coefficient (Wildman–Crippen LogP) is 1.95. The minimum Gasteiger partial charge on any atom is -0.378 e. The summed E-state index contributed by atoms with van der Waals surface area (Å²) in [5.41, 5.74) is 1.33. The van der Waals surface area contributed by atoms with Crippen molar-refractivity contribution in [1.82, 2.24) is 5.32 Å². The molecule has 0 spiro atoms. The van der Waals surface area contributed by atoms with Gasteiger partial charge in [-0.15, -0.1) is 0 Å². The van der Waals surface area contributed by atoms with Crippen molar-refractivity contribution in [2.45, 2.75) is 6.04 Å². The number of morpholine rings is 1. The van der Waals surface area contributed by atoms with Crippen LogP contribution < -0.4 is 5.32 Å². The Balaban J connectivity index is 2.14. The van der Waals surface area contributed by atoms with Crippen molar-refractivity contribution >= 4 is 22.6 Å². The summed E-state index contributed by atoms with van der Waals surface area (Å²) in [5.74, 6) is 0. The Morgan fingerprint density at radius 3 is 3.08 bits per heavy atom. The molecule has 1 N–H and O–H groups in total. The third-order valence-corrected chi connectivity index (χ3v) is 2.84. The highest BCUT2D eigenvalue weighted by atomic mass is 127. The molecule has 1 fully saturated rings. The van der Waals surface area contributed by atoms with Gasteiger partial charge < -0.3 is 10.1 Å². The van der Waals surface area contributed by atoms with Crippen LogP contribution >= 0.6 is 22.6 Å². The van der Waals surface area contributed by atoms with Crippen molar-refractivity contribution in [2.24, 2.45) is 0 Å². The van der Waals surface area contributed by atoms with Crippen LogP contribution in [0.2, 0.25) is 0 Å². The standard InChI is InChI=1S/C10H12INO/c11-9-3-1-2-8(6-9)10-7-13-5-4-12-10/h1-3,6,10,12H,4-5,7H2/t10-/m0/s1. The number of benzene rings is 1. The molecule has 1 saturated heterocycles. The smallest absolute Gasteiger partial charge is 0.0662 e. The van der Waals surface area contributed by atoms with E-state index in [-0.39, 0.29) is 0 Å². The number of hydrogen-bond donors (Lipinski definition) is 1. The highest BCUT2D eigenvalue weighted by molar-refractivity contribution is 14.1. The van der Waals surface area contributed by atoms with Gasteiger partial charge in [0.15, 0.2) is 0 Å². The summed E-state index contributed by atoms with van der Waals surface area (Å²) in [5, 5.41) is 3.43. The third-order valence-electron chi connectivity index (χ3n) is 2.17. The summed E-state index contributed by atoms with van der Waals surface area (Å²) in [6.45, 7) is 2.58. The molecule has 1 aromatic carbocycles. The van der Waals surface area contributed by atoms with Gasteiger partial charge in [0.1, 0.15) is 0 Å². The second-order valence-corrected chi connectivity index (χ2v) is 4.38. The maximum atomic E-state index is 5.41. The molecule has 3 heteroatoms. The first kappa shape index (κ1) is 9.43. The zero-order valence-corrected chi connectivity index (χ0v) is 9.45. The van der Waals surface area contributed by atoms with Crippen LogP contribution in [0.5, 0.6) is 0 Å². The summed E-state index contributed by atoms with van der Waals surface area (Å²) in [7, 11) is 0. The summed E-state index contributed by atoms with van der Waals surface area (Å²) in [4.78, 5) is 0. The van der Waals surface area contributed by atoms with E-state index in [0.29, 0.717) is 6.04 Å². The number of halogens is 1. The van der Waals surface area contributed by atoms with Crippen LogP contribution in [-0.4, -0.2) is 19.8 Å². The minimum absolute atomic E-state index is 0.378. The topological polar surface area (TPSA) is 21.3 Å². The van der Waals surface area contributed by atoms with Gasteiger partial charge in [-0.1, -0.05) is 12.1 Å². The van der Waals surface area contributed by atoms with Crippen LogP contribution in [0, 0.1) is 3.57 Å². The Labute approximate surface area is 91.8 Å². The predicted molar refractivity (Wildman–Crippen MR) is 60.7 cm³/mol. The number of hydrogen-bond acceptors (Lipinski definition) is 2. The molecular formula is C10H12INO. The first-order valence-corrected chi connectivity index (χ1v) is 5.51. The van der Waals surface area contributed by atoms with Crippen LogP contribution in [0.3, 0.4) is 0 Å². The van der Waals surface area contributed by atoms with Crippen molar-refractivity contribution in [3.8, 4) is 0 Å². The lowest BCUT2D eigenvalue weighted by Gasteiger charge is -2.24. The molecule has 0 bridgehead atoms. The monoisotopic (exact) mass is 289 g/mol. The minimum atomic E-state index is 0.378. The van der Waals surface area contributed by atoms with Gasteiger partial charge in [-0.05, 0) is 40.3 Å². The fourth-order valence-corrected chi connectivity index (χ4v) is 2.07. The normalized spacial score (nSPS) is 23.0. The number of rotatable bonds is 1. The average Bonchev–Trinajstić information content (AvgIpc) is 2.19. The van der Waals surface area contributed by atoms with E-state index >= 15 is 0 Å². The molecule has 0 aromatic heterocycles. The van der Waals surface area contributed by atoms with E-state index in [1.165, 1.54) is 9.13 Å². The summed E-state index contributed by atoms with van der Waals surface area (Å²) >= 11 is 2.33. The van der Waals surface area contributed by atoms with Crippen molar-refractivity contribution in [3.63, 3.8) is 0 Å². The second-order valence-electron chi connectivity index (χ2n) is 3.14. The van der Waals surface area contributed by atoms with Gasteiger partial charge in [0.05, 0.1) is 19.3 Å². The lowest BCUT2D eigenvalue weighted by atomic mass is 10.1. The van der Waals surface area contributed by atoms with E-state index in [9.17, 15) is 0 Å². The zero-order valence-electron chi connectivity index (χ0n) is 7.29. The first-order chi connectivity index (χ1) is 6.36. The van der Waals surface area contributed by atoms with Crippen molar-refractivity contribution in [2.75, 3.05) is 19.8 Å². The molecule has 0 aliphatic carbocycles. The largest absolute Gasteiger partial charge is 0.378 e. The van der Waals surface area contributed by atoms with Gasteiger partial charge in [0.25, 0.3) is 0 Å². The Bertz CT molecular complexity index is 284. The molecule has 0 saturated carbocycles. The van der Waals surface area contributed by atoms with Gasteiger partial charge >= 0.3 is 0 Å². The molecule has 2 nitrogen and oxygen atoms in total. The third kappa shape index (κ3) is 2.42. The van der Waals surface area contributed by atoms with Gasteiger partial charge in [-0.2, -0.15) is 0 Å². The molecule has 70 valence electrons.